The van der Waals surface area contributed by atoms with Gasteiger partial charge in [0.2, 0.25) is 11.7 Å². The van der Waals surface area contributed by atoms with Gasteiger partial charge in [-0.25, -0.2) is 4.98 Å². The standard InChI is InChI=1S/C29H31N7O4/c1-17-26(18(2)36(32-17)16-25(37)39-29(4,5)6)21-11-12-24-30-14-23(35(24)15-21)28(38)34(7)22-10-8-9-20(13-22)27-31-19(3)40-33-27/h8-15H,16H2,1-7H3. The van der Waals surface area contributed by atoms with E-state index in [1.165, 1.54) is 0 Å². The Balaban J connectivity index is 1.45. The van der Waals surface area contributed by atoms with Crippen molar-refractivity contribution in [1.29, 1.82) is 0 Å². The zero-order valence-corrected chi connectivity index (χ0v) is 23.6. The van der Waals surface area contributed by atoms with E-state index in [1.54, 1.807) is 34.2 Å². The van der Waals surface area contributed by atoms with Gasteiger partial charge in [0, 0.05) is 48.2 Å². The van der Waals surface area contributed by atoms with Crippen molar-refractivity contribution in [1.82, 2.24) is 29.3 Å². The van der Waals surface area contributed by atoms with Crippen LogP contribution in [0.1, 0.15) is 48.5 Å². The monoisotopic (exact) mass is 541 g/mol. The number of aryl methyl sites for hydroxylation is 2. The lowest BCUT2D eigenvalue weighted by molar-refractivity contribution is -0.155. The third-order valence-corrected chi connectivity index (χ3v) is 6.42. The summed E-state index contributed by atoms with van der Waals surface area (Å²) in [7, 11) is 1.71. The van der Waals surface area contributed by atoms with Crippen LogP contribution in [0.5, 0.6) is 0 Å². The van der Waals surface area contributed by atoms with Crippen LogP contribution in [-0.4, -0.2) is 53.8 Å². The van der Waals surface area contributed by atoms with E-state index in [0.717, 1.165) is 28.1 Å². The first kappa shape index (κ1) is 26.8. The molecular formula is C29H31N7O4. The molecule has 5 aromatic rings. The molecule has 0 aliphatic carbocycles. The number of aromatic nitrogens is 6. The predicted octanol–water partition coefficient (Wildman–Crippen LogP) is 4.79. The number of carbonyl (C=O) groups excluding carboxylic acids is 2. The van der Waals surface area contributed by atoms with Crippen LogP contribution in [0, 0.1) is 20.8 Å². The van der Waals surface area contributed by atoms with Crippen molar-refractivity contribution in [3.05, 3.63) is 71.8 Å². The molecule has 4 aromatic heterocycles. The molecule has 11 nitrogen and oxygen atoms in total. The van der Waals surface area contributed by atoms with Gasteiger partial charge >= 0.3 is 5.97 Å². The Labute approximate surface area is 231 Å². The van der Waals surface area contributed by atoms with Gasteiger partial charge in [0.1, 0.15) is 23.5 Å². The summed E-state index contributed by atoms with van der Waals surface area (Å²) in [5.74, 6) is 0.328. The molecule has 4 heterocycles. The van der Waals surface area contributed by atoms with E-state index in [1.807, 2.05) is 77.2 Å². The second-order valence-electron chi connectivity index (χ2n) is 10.6. The molecule has 0 aliphatic heterocycles. The zero-order valence-electron chi connectivity index (χ0n) is 23.6. The molecule has 11 heteroatoms. The fraction of sp³-hybridized carbons (Fsp3) is 0.310. The molecule has 0 atom stereocenters. The number of anilines is 1. The van der Waals surface area contributed by atoms with Gasteiger partial charge in [0.25, 0.3) is 5.91 Å². The Morgan fingerprint density at radius 1 is 1.07 bits per heavy atom. The lowest BCUT2D eigenvalue weighted by Gasteiger charge is -2.19. The van der Waals surface area contributed by atoms with Crippen LogP contribution in [0.15, 0.2) is 53.3 Å². The van der Waals surface area contributed by atoms with Crippen LogP contribution in [0.3, 0.4) is 0 Å². The fourth-order valence-corrected chi connectivity index (χ4v) is 4.61. The molecule has 0 saturated carbocycles. The van der Waals surface area contributed by atoms with Crippen LogP contribution in [-0.2, 0) is 16.1 Å². The lowest BCUT2D eigenvalue weighted by Crippen LogP contribution is -2.27. The van der Waals surface area contributed by atoms with E-state index >= 15 is 0 Å². The Hall–Kier alpha value is -4.80. The van der Waals surface area contributed by atoms with Crippen molar-refractivity contribution in [2.75, 3.05) is 11.9 Å². The molecule has 0 saturated heterocycles. The highest BCUT2D eigenvalue weighted by atomic mass is 16.6. The van der Waals surface area contributed by atoms with Crippen LogP contribution >= 0.6 is 0 Å². The Kier molecular flexibility index (Phi) is 6.74. The highest BCUT2D eigenvalue weighted by molar-refractivity contribution is 6.05. The molecule has 0 spiro atoms. The number of nitrogens with zero attached hydrogens (tertiary/aromatic N) is 7. The van der Waals surface area contributed by atoms with Gasteiger partial charge in [-0.2, -0.15) is 10.1 Å². The predicted molar refractivity (Wildman–Crippen MR) is 149 cm³/mol. The van der Waals surface area contributed by atoms with Crippen molar-refractivity contribution >= 4 is 23.2 Å². The van der Waals surface area contributed by atoms with Gasteiger partial charge in [0.05, 0.1) is 11.9 Å². The van der Waals surface area contributed by atoms with E-state index < -0.39 is 5.60 Å². The molecule has 0 aliphatic rings. The van der Waals surface area contributed by atoms with Crippen LogP contribution < -0.4 is 4.90 Å². The van der Waals surface area contributed by atoms with E-state index in [2.05, 4.69) is 20.2 Å². The highest BCUT2D eigenvalue weighted by Gasteiger charge is 2.22. The number of fused-ring (bicyclic) bond motifs is 1. The molecule has 1 amide bonds. The number of esters is 1. The van der Waals surface area contributed by atoms with Crippen molar-refractivity contribution in [3.8, 4) is 22.5 Å². The summed E-state index contributed by atoms with van der Waals surface area (Å²) in [5.41, 5.74) is 5.18. The Morgan fingerprint density at radius 2 is 1.85 bits per heavy atom. The molecule has 0 bridgehead atoms. The summed E-state index contributed by atoms with van der Waals surface area (Å²) in [5, 5.41) is 8.55. The van der Waals surface area contributed by atoms with Gasteiger partial charge in [-0.1, -0.05) is 17.3 Å². The number of rotatable bonds is 6. The molecule has 40 heavy (non-hydrogen) atoms. The first-order valence-corrected chi connectivity index (χ1v) is 12.8. The normalized spacial score (nSPS) is 11.7. The number of carbonyl (C=O) groups is 2. The second kappa shape index (κ2) is 10.1. The van der Waals surface area contributed by atoms with E-state index in [9.17, 15) is 9.59 Å². The summed E-state index contributed by atoms with van der Waals surface area (Å²) in [6.45, 7) is 11.0. The second-order valence-corrected chi connectivity index (χ2v) is 10.6. The first-order chi connectivity index (χ1) is 18.9. The fourth-order valence-electron chi connectivity index (χ4n) is 4.61. The number of benzene rings is 1. The summed E-state index contributed by atoms with van der Waals surface area (Å²) >= 11 is 0. The van der Waals surface area contributed by atoms with Gasteiger partial charge in [-0.3, -0.25) is 18.7 Å². The van der Waals surface area contributed by atoms with Gasteiger partial charge in [0.15, 0.2) is 0 Å². The van der Waals surface area contributed by atoms with Crippen molar-refractivity contribution in [2.24, 2.45) is 0 Å². The lowest BCUT2D eigenvalue weighted by atomic mass is 10.1. The number of hydrogen-bond donors (Lipinski definition) is 0. The highest BCUT2D eigenvalue weighted by Crippen LogP contribution is 2.29. The number of pyridine rings is 1. The molecule has 1 aromatic carbocycles. The van der Waals surface area contributed by atoms with Crippen molar-refractivity contribution in [2.45, 2.75) is 53.7 Å². The molecule has 0 N–H and O–H groups in total. The Bertz CT molecular complexity index is 1740. The molecule has 0 radical (unpaired) electrons. The van der Waals surface area contributed by atoms with E-state index in [0.29, 0.717) is 28.7 Å². The maximum absolute atomic E-state index is 13.6. The molecular weight excluding hydrogens is 510 g/mol. The summed E-state index contributed by atoms with van der Waals surface area (Å²) < 4.78 is 14.0. The van der Waals surface area contributed by atoms with Crippen molar-refractivity contribution in [3.63, 3.8) is 0 Å². The number of hydrogen-bond acceptors (Lipinski definition) is 8. The summed E-state index contributed by atoms with van der Waals surface area (Å²) in [4.78, 5) is 36.3. The molecule has 0 fully saturated rings. The first-order valence-electron chi connectivity index (χ1n) is 12.8. The third-order valence-electron chi connectivity index (χ3n) is 6.42. The minimum Gasteiger partial charge on any atom is -0.459 e. The number of ether oxygens (including phenoxy) is 1. The van der Waals surface area contributed by atoms with Crippen LogP contribution in [0.4, 0.5) is 5.69 Å². The SMILES string of the molecule is Cc1nc(-c2cccc(N(C)C(=O)c3cnc4ccc(-c5c(C)nn(CC(=O)OC(C)(C)C)c5C)cn34)c2)no1. The molecule has 5 rings (SSSR count). The van der Waals surface area contributed by atoms with Crippen LogP contribution in [0.25, 0.3) is 28.2 Å². The third kappa shape index (κ3) is 5.22. The zero-order chi connectivity index (χ0) is 28.8. The topological polar surface area (TPSA) is 121 Å². The van der Waals surface area contributed by atoms with Crippen molar-refractivity contribution < 1.29 is 18.8 Å². The largest absolute Gasteiger partial charge is 0.459 e. The van der Waals surface area contributed by atoms with E-state index in [4.69, 9.17) is 9.26 Å². The quantitative estimate of drug-likeness (QED) is 0.281. The summed E-state index contributed by atoms with van der Waals surface area (Å²) in [6, 6.07) is 11.2. The smallest absolute Gasteiger partial charge is 0.328 e. The minimum absolute atomic E-state index is 0.00822. The Morgan fingerprint density at radius 3 is 2.55 bits per heavy atom. The molecule has 0 unspecified atom stereocenters. The van der Waals surface area contributed by atoms with Gasteiger partial charge in [-0.05, 0) is 58.9 Å². The average molecular weight is 542 g/mol. The number of imidazole rings is 1. The summed E-state index contributed by atoms with van der Waals surface area (Å²) in [6.07, 6.45) is 3.44. The van der Waals surface area contributed by atoms with E-state index in [-0.39, 0.29) is 18.4 Å². The maximum Gasteiger partial charge on any atom is 0.328 e. The van der Waals surface area contributed by atoms with Crippen LogP contribution in [0.2, 0.25) is 0 Å². The van der Waals surface area contributed by atoms with Gasteiger partial charge < -0.3 is 14.2 Å². The minimum atomic E-state index is -0.577. The average Bonchev–Trinajstić information content (AvgIpc) is 3.59. The maximum atomic E-state index is 13.6. The van der Waals surface area contributed by atoms with Gasteiger partial charge in [-0.15, -0.1) is 0 Å². The number of amides is 1. The molecule has 206 valence electrons.